The maximum absolute atomic E-state index is 12.4. The number of hydrogen-bond acceptors (Lipinski definition) is 18. The van der Waals surface area contributed by atoms with Crippen LogP contribution in [0, 0.1) is 48.8 Å². The van der Waals surface area contributed by atoms with Crippen molar-refractivity contribution in [2.45, 2.75) is 31.6 Å². The first kappa shape index (κ1) is 92.4. The van der Waals surface area contributed by atoms with Gasteiger partial charge in [-0.05, 0) is 173 Å². The second-order valence-corrected chi connectivity index (χ2v) is 26.8. The molecule has 0 heterocycles. The first-order valence-corrected chi connectivity index (χ1v) is 35.3. The molecule has 1 aliphatic rings. The Morgan fingerprint density at radius 3 is 0.983 bits per heavy atom. The molecule has 0 spiro atoms. The van der Waals surface area contributed by atoms with E-state index in [2.05, 4.69) is 84.3 Å². The highest BCUT2D eigenvalue weighted by atomic mass is 35.5. The zero-order chi connectivity index (χ0) is 87.5. The van der Waals surface area contributed by atoms with Gasteiger partial charge in [0.1, 0.15) is 23.0 Å². The minimum atomic E-state index is -4.44. The van der Waals surface area contributed by atoms with E-state index in [4.69, 9.17) is 138 Å². The van der Waals surface area contributed by atoms with Crippen molar-refractivity contribution in [1.82, 2.24) is 0 Å². The van der Waals surface area contributed by atoms with Gasteiger partial charge in [0.05, 0.1) is 59.4 Å². The van der Waals surface area contributed by atoms with E-state index in [1.165, 1.54) is 45.5 Å². The maximum atomic E-state index is 12.4. The predicted molar refractivity (Wildman–Crippen MR) is 459 cm³/mol. The molecule has 0 aromatic heterocycles. The van der Waals surface area contributed by atoms with Crippen LogP contribution in [-0.2, 0) is 17.8 Å². The second kappa shape index (κ2) is 40.0. The van der Waals surface area contributed by atoms with Crippen molar-refractivity contribution in [1.29, 1.82) is 0 Å². The van der Waals surface area contributed by atoms with E-state index in [1.54, 1.807) is 31.2 Å². The van der Waals surface area contributed by atoms with Crippen molar-refractivity contribution >= 4 is 149 Å². The van der Waals surface area contributed by atoms with Crippen LogP contribution in [0.2, 0.25) is 20.1 Å². The summed E-state index contributed by atoms with van der Waals surface area (Å²) in [5.74, 6) is -8.09. The number of rotatable bonds is 3. The summed E-state index contributed by atoms with van der Waals surface area (Å²) >= 11 is 22.7. The van der Waals surface area contributed by atoms with Crippen molar-refractivity contribution in [2.75, 3.05) is 103 Å². The Labute approximate surface area is 684 Å². The fourth-order valence-corrected chi connectivity index (χ4v) is 11.8. The highest BCUT2D eigenvalue weighted by molar-refractivity contribution is 6.52. The molecule has 0 bridgehead atoms. The fourth-order valence-electron chi connectivity index (χ4n) is 10.9. The van der Waals surface area contributed by atoms with Crippen molar-refractivity contribution in [3.05, 3.63) is 330 Å². The Morgan fingerprint density at radius 2 is 0.615 bits per heavy atom. The monoisotopic (exact) mass is 1700 g/mol. The number of alkyl halides is 6. The third-order valence-electron chi connectivity index (χ3n) is 16.8. The molecule has 0 atom stereocenters. The molecule has 0 radical (unpaired) electrons. The van der Waals surface area contributed by atoms with Crippen LogP contribution >= 0.6 is 46.4 Å². The van der Waals surface area contributed by atoms with Gasteiger partial charge in [0.25, 0.3) is 0 Å². The first-order valence-electron chi connectivity index (χ1n) is 33.8. The standard InChI is InChI=1S/C25H20N2.C12H12N2.C8H9F3N2.C7H7F3N2.C7H10N2.C6H4Cl4N2.C6H4F4N2.C6H6F2N2.C6H8N2/c26-19-13-9-17(10-14-19)25(18-11-15-20(27)16-12-18)23-7-3-1-5-21(23)22-6-2-4-8-24(22)25;13-10-6-7-12(14)11(8-10)9-4-2-1-3-5-9;1-4-2-7(13)5(3-6(4)12)8(9,10)11;8-7(9,10)4-1-5(11)3-6(12)2-4;1-5-4-6(8)2-3-7(5)9;2*7-1-2(8)6(12)4(10)3(9)5(1)11;7-3-1-5(9)4(8)2-6(3)10;7-5-2-1-3-6(8)4-5/h1-16H,26-27H2;1-8H,13-14H2;2-3H,12-13H2,1H3;1-3H,11-12H2;2-4H,8-9H2,1H3;2*11-12H2;1-2H,9-10H2;1-4H,7-8H2. The Hall–Kier alpha value is -13.4. The predicted octanol–water partition coefficient (Wildman–Crippen LogP) is 19.8. The van der Waals surface area contributed by atoms with Crippen molar-refractivity contribution in [2.24, 2.45) is 0 Å². The number of fused-ring (bicyclic) bond motifs is 3. The molecule has 0 amide bonds. The average Bonchev–Trinajstić information content (AvgIpc) is 1.54. The number of nitrogens with two attached hydrogens (primary N) is 18. The molecular formula is C83H80Cl4F12N18. The fraction of sp³-hybridized carbons (Fsp3) is 0.0602. The van der Waals surface area contributed by atoms with Crippen LogP contribution in [0.1, 0.15) is 44.5 Å². The van der Waals surface area contributed by atoms with Crippen molar-refractivity contribution in [3.63, 3.8) is 0 Å². The Morgan fingerprint density at radius 1 is 0.265 bits per heavy atom. The van der Waals surface area contributed by atoms with E-state index in [0.717, 1.165) is 81.1 Å². The van der Waals surface area contributed by atoms with Gasteiger partial charge < -0.3 is 103 Å². The SMILES string of the molecule is Cc1cc(N)c(C(F)(F)F)cc1N.Cc1cc(N)ccc1N.Nc1c(Cl)c(Cl)c(N)c(Cl)c1Cl.Nc1c(F)c(F)c(N)c(F)c1F.Nc1cc(F)c(N)cc1F.Nc1cc(N)cc(C(F)(F)F)c1.Nc1ccc(C2(c3ccc(N)cc3)c3ccccc3-c3ccccc32)cc1.Nc1ccc(N)c(-c2ccccc2)c1.Nc1cccc(N)c1. The number of nitrogen functional groups attached to an aromatic ring is 18. The summed E-state index contributed by atoms with van der Waals surface area (Å²) in [5, 5.41) is 0.513. The van der Waals surface area contributed by atoms with Gasteiger partial charge in [-0.15, -0.1) is 0 Å². The lowest BCUT2D eigenvalue weighted by molar-refractivity contribution is -0.138. The molecule has 0 saturated heterocycles. The van der Waals surface area contributed by atoms with Crippen LogP contribution in [0.3, 0.4) is 0 Å². The van der Waals surface area contributed by atoms with Gasteiger partial charge in [0, 0.05) is 85.9 Å². The minimum absolute atomic E-state index is 0.0160. The zero-order valence-electron chi connectivity index (χ0n) is 61.9. The van der Waals surface area contributed by atoms with E-state index in [1.807, 2.05) is 97.9 Å². The summed E-state index contributed by atoms with van der Waals surface area (Å²) in [6, 6.07) is 68.7. The van der Waals surface area contributed by atoms with Gasteiger partial charge in [-0.2, -0.15) is 26.3 Å². The molecule has 14 rings (SSSR count). The summed E-state index contributed by atoms with van der Waals surface area (Å²) in [5.41, 5.74) is 109. The summed E-state index contributed by atoms with van der Waals surface area (Å²) < 4.78 is 147. The highest BCUT2D eigenvalue weighted by Crippen LogP contribution is 2.56. The molecule has 0 unspecified atom stereocenters. The molecule has 0 fully saturated rings. The number of aryl methyl sites for hydroxylation is 2. The molecule has 0 aliphatic heterocycles. The van der Waals surface area contributed by atoms with Crippen molar-refractivity contribution < 1.29 is 52.7 Å². The lowest BCUT2D eigenvalue weighted by Gasteiger charge is -2.34. The van der Waals surface area contributed by atoms with E-state index < -0.39 is 69.8 Å². The molecule has 0 saturated carbocycles. The van der Waals surface area contributed by atoms with Gasteiger partial charge in [0.15, 0.2) is 23.3 Å². The van der Waals surface area contributed by atoms with E-state index >= 15 is 0 Å². The Kier molecular flexibility index (Phi) is 31.6. The summed E-state index contributed by atoms with van der Waals surface area (Å²) in [4.78, 5) is 0. The Bertz CT molecular complexity index is 5160. The van der Waals surface area contributed by atoms with Gasteiger partial charge in [0.2, 0.25) is 0 Å². The van der Waals surface area contributed by atoms with Crippen LogP contribution in [0.5, 0.6) is 0 Å². The van der Waals surface area contributed by atoms with Gasteiger partial charge in [-0.3, -0.25) is 0 Å². The normalized spacial score (nSPS) is 11.2. The largest absolute Gasteiger partial charge is 0.418 e. The molecule has 117 heavy (non-hydrogen) atoms. The molecule has 13 aromatic rings. The topological polar surface area (TPSA) is 468 Å². The molecule has 1 aliphatic carbocycles. The number of benzene rings is 13. The highest BCUT2D eigenvalue weighted by Gasteiger charge is 2.46. The van der Waals surface area contributed by atoms with Gasteiger partial charge in [-0.25, -0.2) is 26.3 Å². The van der Waals surface area contributed by atoms with Crippen LogP contribution in [0.4, 0.5) is 155 Å². The van der Waals surface area contributed by atoms with E-state index in [0.29, 0.717) is 16.9 Å². The third-order valence-corrected chi connectivity index (χ3v) is 18.6. The van der Waals surface area contributed by atoms with Gasteiger partial charge >= 0.3 is 12.4 Å². The summed E-state index contributed by atoms with van der Waals surface area (Å²) in [7, 11) is 0. The number of anilines is 18. The van der Waals surface area contributed by atoms with Crippen LogP contribution in [0.15, 0.2) is 231 Å². The zero-order valence-corrected chi connectivity index (χ0v) is 64.9. The molecule has 614 valence electrons. The van der Waals surface area contributed by atoms with E-state index in [9.17, 15) is 52.7 Å². The number of hydrogen-bond donors (Lipinski definition) is 18. The Balaban J connectivity index is 0.000000211. The molecule has 34 heteroatoms. The summed E-state index contributed by atoms with van der Waals surface area (Å²) in [6.07, 6.45) is -8.82. The van der Waals surface area contributed by atoms with E-state index in [-0.39, 0.29) is 71.0 Å². The summed E-state index contributed by atoms with van der Waals surface area (Å²) in [6.45, 7) is 3.54. The quantitative estimate of drug-likeness (QED) is 0.0444. The molecular weight excluding hydrogens is 1620 g/mol. The van der Waals surface area contributed by atoms with Crippen molar-refractivity contribution in [3.8, 4) is 22.3 Å². The van der Waals surface area contributed by atoms with Crippen LogP contribution < -0.4 is 103 Å². The molecule has 36 N–H and O–H groups in total. The lowest BCUT2D eigenvalue weighted by atomic mass is 9.67. The third kappa shape index (κ3) is 23.9. The smallest absolute Gasteiger partial charge is 0.399 e. The average molecular weight is 1700 g/mol. The van der Waals surface area contributed by atoms with Gasteiger partial charge in [-0.1, -0.05) is 156 Å². The maximum Gasteiger partial charge on any atom is 0.418 e. The minimum Gasteiger partial charge on any atom is -0.399 e. The van der Waals surface area contributed by atoms with Crippen LogP contribution in [-0.4, -0.2) is 0 Å². The molecule has 18 nitrogen and oxygen atoms in total. The molecule has 13 aromatic carbocycles. The lowest BCUT2D eigenvalue weighted by Crippen LogP contribution is -2.28. The first-order chi connectivity index (χ1) is 54.7. The number of halogens is 16. The van der Waals surface area contributed by atoms with Crippen LogP contribution in [0.25, 0.3) is 22.3 Å². The second-order valence-electron chi connectivity index (χ2n) is 25.3.